The number of rotatable bonds is 0. The van der Waals surface area contributed by atoms with Crippen LogP contribution in [0.15, 0.2) is 22.7 Å². The molecule has 0 aliphatic heterocycles. The fourth-order valence-electron chi connectivity index (χ4n) is 0.756. The SMILES string of the molecule is C#Cc1cc(Br)cc(C#C)c1. The van der Waals surface area contributed by atoms with E-state index in [1.807, 2.05) is 12.1 Å². The minimum Gasteiger partial charge on any atom is -0.115 e. The fraction of sp³-hybridized carbons (Fsp3) is 0. The van der Waals surface area contributed by atoms with Gasteiger partial charge in [0.25, 0.3) is 0 Å². The molecule has 0 spiro atoms. The van der Waals surface area contributed by atoms with Crippen molar-refractivity contribution in [1.29, 1.82) is 0 Å². The van der Waals surface area contributed by atoms with Crippen molar-refractivity contribution in [3.8, 4) is 24.7 Å². The Labute approximate surface area is 74.8 Å². The molecule has 0 N–H and O–H groups in total. The highest BCUT2D eigenvalue weighted by atomic mass is 79.9. The largest absolute Gasteiger partial charge is 0.115 e. The van der Waals surface area contributed by atoms with Crippen LogP contribution in [-0.4, -0.2) is 0 Å². The summed E-state index contributed by atoms with van der Waals surface area (Å²) < 4.78 is 0.918. The lowest BCUT2D eigenvalue weighted by molar-refractivity contribution is 1.56. The number of benzene rings is 1. The quantitative estimate of drug-likeness (QED) is 0.570. The van der Waals surface area contributed by atoms with Crippen LogP contribution in [0.2, 0.25) is 0 Å². The minimum atomic E-state index is 0.798. The maximum absolute atomic E-state index is 5.20. The van der Waals surface area contributed by atoms with Crippen molar-refractivity contribution in [2.24, 2.45) is 0 Å². The molecule has 1 rings (SSSR count). The summed E-state index contributed by atoms with van der Waals surface area (Å²) in [6, 6.07) is 5.49. The van der Waals surface area contributed by atoms with Gasteiger partial charge in [-0.2, -0.15) is 0 Å². The Kier molecular flexibility index (Phi) is 2.36. The highest BCUT2D eigenvalue weighted by Gasteiger charge is 1.93. The van der Waals surface area contributed by atoms with Crippen molar-refractivity contribution >= 4 is 15.9 Å². The van der Waals surface area contributed by atoms with Gasteiger partial charge in [0, 0.05) is 15.6 Å². The molecule has 0 atom stereocenters. The normalized spacial score (nSPS) is 8.27. The highest BCUT2D eigenvalue weighted by Crippen LogP contribution is 2.14. The molecule has 0 aliphatic rings. The summed E-state index contributed by atoms with van der Waals surface area (Å²) in [5, 5.41) is 0. The van der Waals surface area contributed by atoms with Crippen LogP contribution in [-0.2, 0) is 0 Å². The third-order valence-corrected chi connectivity index (χ3v) is 1.69. The number of hydrogen-bond donors (Lipinski definition) is 0. The molecule has 0 aromatic heterocycles. The van der Waals surface area contributed by atoms with Crippen LogP contribution >= 0.6 is 15.9 Å². The molecule has 11 heavy (non-hydrogen) atoms. The Morgan fingerprint density at radius 3 is 1.82 bits per heavy atom. The van der Waals surface area contributed by atoms with Gasteiger partial charge in [0.15, 0.2) is 0 Å². The number of terminal acetylenes is 2. The molecule has 1 aromatic carbocycles. The molecule has 0 fully saturated rings. The third-order valence-electron chi connectivity index (χ3n) is 1.23. The second-order valence-corrected chi connectivity index (χ2v) is 2.93. The van der Waals surface area contributed by atoms with Crippen LogP contribution in [0.4, 0.5) is 0 Å². The number of halogens is 1. The van der Waals surface area contributed by atoms with Gasteiger partial charge in [0.1, 0.15) is 0 Å². The van der Waals surface area contributed by atoms with Gasteiger partial charge in [0.2, 0.25) is 0 Å². The Morgan fingerprint density at radius 1 is 1.00 bits per heavy atom. The summed E-state index contributed by atoms with van der Waals surface area (Å²) >= 11 is 3.30. The Bertz CT molecular complexity index is 318. The summed E-state index contributed by atoms with van der Waals surface area (Å²) in [5.41, 5.74) is 1.60. The minimum absolute atomic E-state index is 0.798. The van der Waals surface area contributed by atoms with Crippen LogP contribution in [0.25, 0.3) is 0 Å². The van der Waals surface area contributed by atoms with Crippen molar-refractivity contribution in [3.05, 3.63) is 33.8 Å². The van der Waals surface area contributed by atoms with Crippen LogP contribution in [0.5, 0.6) is 0 Å². The van der Waals surface area contributed by atoms with E-state index in [1.165, 1.54) is 0 Å². The Morgan fingerprint density at radius 2 is 1.45 bits per heavy atom. The first kappa shape index (κ1) is 7.92. The van der Waals surface area contributed by atoms with E-state index in [2.05, 4.69) is 27.8 Å². The van der Waals surface area contributed by atoms with Crippen LogP contribution in [0.1, 0.15) is 11.1 Å². The molecule has 0 unspecified atom stereocenters. The molecule has 1 heteroatoms. The summed E-state index contributed by atoms with van der Waals surface area (Å²) in [6.45, 7) is 0. The summed E-state index contributed by atoms with van der Waals surface area (Å²) in [4.78, 5) is 0. The van der Waals surface area contributed by atoms with Gasteiger partial charge < -0.3 is 0 Å². The van der Waals surface area contributed by atoms with Gasteiger partial charge >= 0.3 is 0 Å². The molecule has 0 nitrogen and oxygen atoms in total. The summed E-state index contributed by atoms with van der Waals surface area (Å²) in [5.74, 6) is 5.03. The maximum Gasteiger partial charge on any atom is 0.0266 e. The van der Waals surface area contributed by atoms with Gasteiger partial charge in [-0.15, -0.1) is 12.8 Å². The van der Waals surface area contributed by atoms with Gasteiger partial charge in [-0.1, -0.05) is 27.8 Å². The lowest BCUT2D eigenvalue weighted by Crippen LogP contribution is -1.78. The van der Waals surface area contributed by atoms with Crippen LogP contribution in [0.3, 0.4) is 0 Å². The predicted octanol–water partition coefficient (Wildman–Crippen LogP) is 2.41. The van der Waals surface area contributed by atoms with E-state index in [-0.39, 0.29) is 0 Å². The third kappa shape index (κ3) is 1.87. The van der Waals surface area contributed by atoms with E-state index in [1.54, 1.807) is 6.07 Å². The van der Waals surface area contributed by atoms with Crippen molar-refractivity contribution in [2.75, 3.05) is 0 Å². The van der Waals surface area contributed by atoms with Gasteiger partial charge in [-0.3, -0.25) is 0 Å². The molecule has 1 aromatic rings. The molecule has 0 bridgehead atoms. The molecular weight excluding hydrogens is 200 g/mol. The van der Waals surface area contributed by atoms with E-state index in [0.29, 0.717) is 0 Å². The van der Waals surface area contributed by atoms with Crippen molar-refractivity contribution in [3.63, 3.8) is 0 Å². The summed E-state index contributed by atoms with van der Waals surface area (Å²) in [7, 11) is 0. The second-order valence-electron chi connectivity index (χ2n) is 2.02. The maximum atomic E-state index is 5.20. The van der Waals surface area contributed by atoms with E-state index in [4.69, 9.17) is 12.8 Å². The van der Waals surface area contributed by atoms with Crippen LogP contribution in [0, 0.1) is 24.7 Å². The molecule has 0 aliphatic carbocycles. The molecule has 0 amide bonds. The van der Waals surface area contributed by atoms with Crippen molar-refractivity contribution in [2.45, 2.75) is 0 Å². The van der Waals surface area contributed by atoms with E-state index < -0.39 is 0 Å². The van der Waals surface area contributed by atoms with Gasteiger partial charge in [0.05, 0.1) is 0 Å². The zero-order chi connectivity index (χ0) is 8.27. The molecule has 0 radical (unpaired) electrons. The molecule has 0 saturated heterocycles. The first-order valence-corrected chi connectivity index (χ1v) is 3.79. The Balaban J connectivity index is 3.28. The van der Waals surface area contributed by atoms with Gasteiger partial charge in [-0.05, 0) is 18.2 Å². The van der Waals surface area contributed by atoms with Gasteiger partial charge in [-0.25, -0.2) is 0 Å². The smallest absolute Gasteiger partial charge is 0.0266 e. The molecule has 0 heterocycles. The highest BCUT2D eigenvalue weighted by molar-refractivity contribution is 9.10. The molecule has 0 saturated carbocycles. The van der Waals surface area contributed by atoms with E-state index >= 15 is 0 Å². The van der Waals surface area contributed by atoms with Crippen LogP contribution < -0.4 is 0 Å². The zero-order valence-electron chi connectivity index (χ0n) is 5.76. The topological polar surface area (TPSA) is 0 Å². The van der Waals surface area contributed by atoms with E-state index in [9.17, 15) is 0 Å². The first-order chi connectivity index (χ1) is 5.26. The average Bonchev–Trinajstić information content (AvgIpc) is 2.03. The number of hydrogen-bond acceptors (Lipinski definition) is 0. The first-order valence-electron chi connectivity index (χ1n) is 3.00. The van der Waals surface area contributed by atoms with E-state index in [0.717, 1.165) is 15.6 Å². The lowest BCUT2D eigenvalue weighted by Gasteiger charge is -1.94. The standard InChI is InChI=1S/C10H5Br/c1-3-8-5-9(4-2)7-10(11)6-8/h1-2,5-7H. The lowest BCUT2D eigenvalue weighted by atomic mass is 10.1. The zero-order valence-corrected chi connectivity index (χ0v) is 7.35. The fourth-order valence-corrected chi connectivity index (χ4v) is 1.25. The second kappa shape index (κ2) is 3.28. The average molecular weight is 205 g/mol. The molecular formula is C10H5Br. The molecule has 52 valence electrons. The van der Waals surface area contributed by atoms with Crippen molar-refractivity contribution in [1.82, 2.24) is 0 Å². The monoisotopic (exact) mass is 204 g/mol. The Hall–Kier alpha value is -1.18. The predicted molar refractivity (Wildman–Crippen MR) is 50.0 cm³/mol. The summed E-state index contributed by atoms with van der Waals surface area (Å²) in [6.07, 6.45) is 10.4. The van der Waals surface area contributed by atoms with Crippen molar-refractivity contribution < 1.29 is 0 Å².